The van der Waals surface area contributed by atoms with Gasteiger partial charge in [0.1, 0.15) is 5.78 Å². The maximum atomic E-state index is 11.0. The van der Waals surface area contributed by atoms with Gasteiger partial charge in [-0.2, -0.15) is 0 Å². The van der Waals surface area contributed by atoms with Crippen molar-refractivity contribution >= 4 is 11.8 Å². The maximum absolute atomic E-state index is 11.0. The molecule has 2 unspecified atom stereocenters. The summed E-state index contributed by atoms with van der Waals surface area (Å²) >= 11 is 0. The van der Waals surface area contributed by atoms with Crippen molar-refractivity contribution < 1.29 is 19.4 Å². The zero-order valence-corrected chi connectivity index (χ0v) is 11.8. The van der Waals surface area contributed by atoms with E-state index in [2.05, 4.69) is 4.74 Å². The molecule has 0 amide bonds. The molecule has 0 aromatic heterocycles. The Balaban J connectivity index is 0.000000192. The maximum Gasteiger partial charge on any atom is 0.307 e. The molecule has 2 bridgehead atoms. The molecule has 4 atom stereocenters. The lowest BCUT2D eigenvalue weighted by atomic mass is 9.86. The summed E-state index contributed by atoms with van der Waals surface area (Å²) in [5, 5.41) is 8.35. The van der Waals surface area contributed by atoms with Gasteiger partial charge in [-0.15, -0.1) is 0 Å². The quantitative estimate of drug-likeness (QED) is 0.741. The Kier molecular flexibility index (Phi) is 6.45. The first kappa shape index (κ1) is 16.1. The molecule has 0 saturated heterocycles. The van der Waals surface area contributed by atoms with Gasteiger partial charge in [-0.3, -0.25) is 9.59 Å². The van der Waals surface area contributed by atoms with E-state index >= 15 is 0 Å². The molecule has 2 saturated carbocycles. The highest BCUT2D eigenvalue weighted by Crippen LogP contribution is 2.48. The van der Waals surface area contributed by atoms with Crippen LogP contribution >= 0.6 is 0 Å². The van der Waals surface area contributed by atoms with Crippen LogP contribution in [-0.2, 0) is 14.3 Å². The second-order valence-corrected chi connectivity index (χ2v) is 5.61. The highest BCUT2D eigenvalue weighted by molar-refractivity contribution is 5.79. The summed E-state index contributed by atoms with van der Waals surface area (Å²) in [6, 6.07) is -0.488. The van der Waals surface area contributed by atoms with Crippen LogP contribution in [0.15, 0.2) is 0 Å². The highest BCUT2D eigenvalue weighted by Gasteiger charge is 2.41. The molecule has 5 nitrogen and oxygen atoms in total. The SMILES string of the molecule is CC(=O)C1C[C@@H]2CC[C@H]1C2.COC(=O)CC(N)CO. The zero-order chi connectivity index (χ0) is 14.4. The van der Waals surface area contributed by atoms with Crippen LogP contribution in [0, 0.1) is 17.8 Å². The molecule has 2 aliphatic rings. The van der Waals surface area contributed by atoms with Gasteiger partial charge >= 0.3 is 5.97 Å². The van der Waals surface area contributed by atoms with Gasteiger partial charge in [0.15, 0.2) is 0 Å². The van der Waals surface area contributed by atoms with Crippen LogP contribution in [0.1, 0.15) is 39.0 Å². The number of nitrogens with two attached hydrogens (primary N) is 1. The van der Waals surface area contributed by atoms with E-state index < -0.39 is 12.0 Å². The van der Waals surface area contributed by atoms with Crippen LogP contribution in [0.2, 0.25) is 0 Å². The van der Waals surface area contributed by atoms with Gasteiger partial charge in [0.25, 0.3) is 0 Å². The summed E-state index contributed by atoms with van der Waals surface area (Å²) in [4.78, 5) is 21.4. The molecule has 0 aliphatic heterocycles. The molecule has 0 aromatic carbocycles. The molecule has 0 aromatic rings. The lowest BCUT2D eigenvalue weighted by Gasteiger charge is -2.17. The summed E-state index contributed by atoms with van der Waals surface area (Å²) < 4.78 is 4.29. The number of esters is 1. The number of ether oxygens (including phenoxy) is 1. The first-order valence-corrected chi connectivity index (χ1v) is 6.91. The Morgan fingerprint density at radius 2 is 2.05 bits per heavy atom. The number of rotatable bonds is 4. The molecule has 2 aliphatic carbocycles. The number of carbonyl (C=O) groups excluding carboxylic acids is 2. The third-order valence-electron chi connectivity index (χ3n) is 4.15. The summed E-state index contributed by atoms with van der Waals surface area (Å²) in [5.74, 6) is 2.20. The van der Waals surface area contributed by atoms with E-state index in [9.17, 15) is 9.59 Å². The van der Waals surface area contributed by atoms with Crippen molar-refractivity contribution in [2.24, 2.45) is 23.5 Å². The standard InChI is InChI=1S/C9H14O.C5H11NO3/c1-6(10)9-5-7-2-3-8(9)4-7;1-9-5(8)2-4(6)3-7/h7-9H,2-5H2,1H3;4,7H,2-3,6H2,1H3/t7-,8+,9?;/m1./s1. The molecular formula is C14H25NO4. The Bertz CT molecular complexity index is 319. The number of methoxy groups -OCH3 is 1. The van der Waals surface area contributed by atoms with E-state index in [1.54, 1.807) is 6.92 Å². The van der Waals surface area contributed by atoms with Crippen molar-refractivity contribution in [3.05, 3.63) is 0 Å². The normalized spacial score (nSPS) is 29.4. The number of hydrogen-bond donors (Lipinski definition) is 2. The van der Waals surface area contributed by atoms with Crippen LogP contribution in [-0.4, -0.2) is 36.6 Å². The molecule has 110 valence electrons. The fraction of sp³-hybridized carbons (Fsp3) is 0.857. The van der Waals surface area contributed by atoms with E-state index in [-0.39, 0.29) is 13.0 Å². The highest BCUT2D eigenvalue weighted by atomic mass is 16.5. The molecule has 5 heteroatoms. The van der Waals surface area contributed by atoms with Gasteiger partial charge in [-0.25, -0.2) is 0 Å². The zero-order valence-electron chi connectivity index (χ0n) is 11.8. The summed E-state index contributed by atoms with van der Waals surface area (Å²) in [5.41, 5.74) is 5.20. The number of fused-ring (bicyclic) bond motifs is 2. The molecule has 0 radical (unpaired) electrons. The fourth-order valence-electron chi connectivity index (χ4n) is 3.10. The molecule has 2 fully saturated rings. The number of ketones is 1. The summed E-state index contributed by atoms with van der Waals surface area (Å²) in [6.07, 6.45) is 5.36. The lowest BCUT2D eigenvalue weighted by molar-refractivity contribution is -0.141. The monoisotopic (exact) mass is 271 g/mol. The van der Waals surface area contributed by atoms with E-state index in [1.807, 2.05) is 0 Å². The van der Waals surface area contributed by atoms with Crippen LogP contribution < -0.4 is 5.73 Å². The van der Waals surface area contributed by atoms with Gasteiger partial charge in [-0.05, 0) is 38.0 Å². The lowest BCUT2D eigenvalue weighted by Crippen LogP contribution is -2.27. The van der Waals surface area contributed by atoms with Crippen LogP contribution in [0.4, 0.5) is 0 Å². The van der Waals surface area contributed by atoms with E-state index in [0.717, 1.165) is 11.8 Å². The summed E-state index contributed by atoms with van der Waals surface area (Å²) in [6.45, 7) is 1.57. The first-order valence-electron chi connectivity index (χ1n) is 6.91. The first-order chi connectivity index (χ1) is 8.97. The Hall–Kier alpha value is -0.940. The third kappa shape index (κ3) is 4.91. The smallest absolute Gasteiger partial charge is 0.307 e. The van der Waals surface area contributed by atoms with Gasteiger partial charge in [0.05, 0.1) is 20.1 Å². The van der Waals surface area contributed by atoms with Crippen molar-refractivity contribution in [1.29, 1.82) is 0 Å². The number of hydrogen-bond acceptors (Lipinski definition) is 5. The van der Waals surface area contributed by atoms with Crippen LogP contribution in [0.5, 0.6) is 0 Å². The minimum Gasteiger partial charge on any atom is -0.469 e. The Labute approximate surface area is 114 Å². The minimum absolute atomic E-state index is 0.0764. The van der Waals surface area contributed by atoms with Gasteiger partial charge < -0.3 is 15.6 Å². The van der Waals surface area contributed by atoms with Crippen LogP contribution in [0.3, 0.4) is 0 Å². The minimum atomic E-state index is -0.488. The van der Waals surface area contributed by atoms with Crippen molar-refractivity contribution in [3.8, 4) is 0 Å². The number of carbonyl (C=O) groups is 2. The molecule has 0 heterocycles. The number of Topliss-reactive ketones (excluding diaryl/α,β-unsaturated/α-hetero) is 1. The number of aliphatic hydroxyl groups excluding tert-OH is 1. The molecule has 3 N–H and O–H groups in total. The van der Waals surface area contributed by atoms with E-state index in [4.69, 9.17) is 10.8 Å². The molecule has 0 spiro atoms. The van der Waals surface area contributed by atoms with Gasteiger partial charge in [0.2, 0.25) is 0 Å². The average Bonchev–Trinajstić information content (AvgIpc) is 3.01. The van der Waals surface area contributed by atoms with Crippen LogP contribution in [0.25, 0.3) is 0 Å². The largest absolute Gasteiger partial charge is 0.469 e. The molecule has 19 heavy (non-hydrogen) atoms. The topological polar surface area (TPSA) is 89.6 Å². The number of aliphatic hydroxyl groups is 1. The predicted molar refractivity (Wildman–Crippen MR) is 71.3 cm³/mol. The summed E-state index contributed by atoms with van der Waals surface area (Å²) in [7, 11) is 1.28. The third-order valence-corrected chi connectivity index (χ3v) is 4.15. The second-order valence-electron chi connectivity index (χ2n) is 5.61. The van der Waals surface area contributed by atoms with Gasteiger partial charge in [0, 0.05) is 12.0 Å². The van der Waals surface area contributed by atoms with Crippen molar-refractivity contribution in [2.45, 2.75) is 45.1 Å². The molecule has 2 rings (SSSR count). The van der Waals surface area contributed by atoms with Crippen molar-refractivity contribution in [2.75, 3.05) is 13.7 Å². The van der Waals surface area contributed by atoms with Gasteiger partial charge in [-0.1, -0.05) is 6.42 Å². The molecular weight excluding hydrogens is 246 g/mol. The predicted octanol–water partition coefficient (Wildman–Crippen LogP) is 0.881. The second kappa shape index (κ2) is 7.60. The van der Waals surface area contributed by atoms with Crippen molar-refractivity contribution in [1.82, 2.24) is 0 Å². The fourth-order valence-corrected chi connectivity index (χ4v) is 3.10. The van der Waals surface area contributed by atoms with E-state index in [0.29, 0.717) is 11.7 Å². The Morgan fingerprint density at radius 1 is 1.37 bits per heavy atom. The average molecular weight is 271 g/mol. The Morgan fingerprint density at radius 3 is 2.37 bits per heavy atom. The van der Waals surface area contributed by atoms with E-state index in [1.165, 1.54) is 32.8 Å². The van der Waals surface area contributed by atoms with Crippen molar-refractivity contribution in [3.63, 3.8) is 0 Å².